The topological polar surface area (TPSA) is 112 Å². The van der Waals surface area contributed by atoms with E-state index in [1.54, 1.807) is 0 Å². The summed E-state index contributed by atoms with van der Waals surface area (Å²) in [4.78, 5) is 22.2. The van der Waals surface area contributed by atoms with Gasteiger partial charge in [0, 0.05) is 23.9 Å². The zero-order chi connectivity index (χ0) is 22.7. The molecule has 0 radical (unpaired) electrons. The lowest BCUT2D eigenvalue weighted by molar-refractivity contribution is 0.0961. The van der Waals surface area contributed by atoms with Crippen LogP contribution in [0.15, 0.2) is 12.3 Å². The Morgan fingerprint density at radius 1 is 1.06 bits per heavy atom. The third-order valence-corrected chi connectivity index (χ3v) is 7.19. The Bertz CT molecular complexity index is 1050. The molecule has 2 unspecified atom stereocenters. The maximum Gasteiger partial charge on any atom is 0.264 e. The van der Waals surface area contributed by atoms with Crippen LogP contribution in [-0.4, -0.2) is 84.2 Å². The predicted octanol–water partition coefficient (Wildman–Crippen LogP) is 1.28. The monoisotopic (exact) mass is 461 g/mol. The van der Waals surface area contributed by atoms with Crippen LogP contribution >= 0.6 is 0 Å². The van der Waals surface area contributed by atoms with Crippen molar-refractivity contribution in [1.82, 2.24) is 19.9 Å². The number of alkyl halides is 2. The molecule has 2 aromatic rings. The predicted molar refractivity (Wildman–Crippen MR) is 114 cm³/mol. The lowest BCUT2D eigenvalue weighted by Gasteiger charge is -2.55. The van der Waals surface area contributed by atoms with Gasteiger partial charge in [-0.3, -0.25) is 0 Å². The first kappa shape index (κ1) is 20.9. The van der Waals surface area contributed by atoms with Gasteiger partial charge in [-0.2, -0.15) is 15.0 Å². The Morgan fingerprint density at radius 3 is 2.48 bits per heavy atom. The molecule has 12 heteroatoms. The maximum atomic E-state index is 13.9. The number of nitrogen functional groups attached to an aromatic ring is 1. The van der Waals surface area contributed by atoms with Crippen molar-refractivity contribution < 1.29 is 23.0 Å². The van der Waals surface area contributed by atoms with Crippen molar-refractivity contribution in [3.05, 3.63) is 17.8 Å². The number of pyridine rings is 1. The summed E-state index contributed by atoms with van der Waals surface area (Å²) in [6.07, 6.45) is -1.44. The number of halogens is 2. The lowest BCUT2D eigenvalue weighted by Crippen LogP contribution is -2.71. The largest absolute Gasteiger partial charge is 0.384 e. The van der Waals surface area contributed by atoms with Crippen molar-refractivity contribution in [1.29, 1.82) is 0 Å². The van der Waals surface area contributed by atoms with Crippen LogP contribution < -0.4 is 15.5 Å². The minimum Gasteiger partial charge on any atom is -0.384 e. The van der Waals surface area contributed by atoms with Crippen LogP contribution in [0.3, 0.4) is 0 Å². The molecule has 4 fully saturated rings. The SMILES string of the molecule is C[C@@H]1COCCN1c1nc(-c2cnc(N)cc2C(F)F)nc(N2C3COCC34COCC24)n1. The molecule has 0 saturated carbocycles. The summed E-state index contributed by atoms with van der Waals surface area (Å²) in [7, 11) is 0. The van der Waals surface area contributed by atoms with E-state index < -0.39 is 6.43 Å². The standard InChI is InChI=1S/C21H25F2N7O3/c1-11-6-31-3-2-29(11)19-26-18(13-5-25-16(24)4-12(13)17(22)23)27-20(28-19)30-14-7-32-9-21(14)10-33-8-15(21)30/h4-5,11,14-15,17H,2-3,6-10H2,1H3,(H2,24,25)/t11-,14?,15?,21?/m1/s1. The molecule has 10 nitrogen and oxygen atoms in total. The van der Waals surface area contributed by atoms with Gasteiger partial charge in [-0.15, -0.1) is 0 Å². The van der Waals surface area contributed by atoms with Crippen LogP contribution in [0, 0.1) is 5.41 Å². The van der Waals surface area contributed by atoms with Gasteiger partial charge in [0.05, 0.1) is 63.2 Å². The van der Waals surface area contributed by atoms with E-state index in [9.17, 15) is 8.78 Å². The molecule has 6 heterocycles. The Balaban J connectivity index is 1.47. The van der Waals surface area contributed by atoms with Crippen LogP contribution in [0.4, 0.5) is 26.5 Å². The van der Waals surface area contributed by atoms with Crippen LogP contribution in [0.5, 0.6) is 0 Å². The Labute approximate surface area is 189 Å². The average Bonchev–Trinajstić information content (AvgIpc) is 3.34. The van der Waals surface area contributed by atoms with Gasteiger partial charge >= 0.3 is 0 Å². The number of nitrogens with two attached hydrogens (primary N) is 1. The molecule has 2 aromatic heterocycles. The van der Waals surface area contributed by atoms with Gasteiger partial charge in [0.2, 0.25) is 11.9 Å². The second kappa shape index (κ2) is 7.67. The van der Waals surface area contributed by atoms with Gasteiger partial charge in [-0.25, -0.2) is 13.8 Å². The van der Waals surface area contributed by atoms with E-state index in [0.29, 0.717) is 58.1 Å². The van der Waals surface area contributed by atoms with E-state index in [-0.39, 0.29) is 46.3 Å². The molecule has 4 aliphatic rings. The minimum atomic E-state index is -2.75. The molecule has 4 aliphatic heterocycles. The van der Waals surface area contributed by atoms with E-state index in [2.05, 4.69) is 19.9 Å². The molecule has 1 spiro atoms. The Kier molecular flexibility index (Phi) is 4.85. The summed E-state index contributed by atoms with van der Waals surface area (Å²) in [5.74, 6) is 1.03. The molecule has 0 aromatic carbocycles. The highest BCUT2D eigenvalue weighted by Crippen LogP contribution is 2.53. The Hall–Kier alpha value is -2.70. The molecule has 0 amide bonds. The molecular weight excluding hydrogens is 436 g/mol. The number of hydrogen-bond acceptors (Lipinski definition) is 10. The first-order valence-corrected chi connectivity index (χ1v) is 11.1. The third kappa shape index (κ3) is 3.15. The fourth-order valence-electron chi connectivity index (χ4n) is 5.43. The zero-order valence-electron chi connectivity index (χ0n) is 18.2. The lowest BCUT2D eigenvalue weighted by atomic mass is 9.69. The number of morpholine rings is 1. The maximum absolute atomic E-state index is 13.9. The van der Waals surface area contributed by atoms with Crippen molar-refractivity contribution in [2.75, 3.05) is 61.7 Å². The first-order valence-electron chi connectivity index (χ1n) is 11.1. The van der Waals surface area contributed by atoms with Crippen molar-refractivity contribution >= 4 is 17.7 Å². The molecule has 176 valence electrons. The molecule has 4 saturated heterocycles. The summed E-state index contributed by atoms with van der Waals surface area (Å²) >= 11 is 0. The van der Waals surface area contributed by atoms with Crippen LogP contribution in [-0.2, 0) is 14.2 Å². The molecule has 33 heavy (non-hydrogen) atoms. The smallest absolute Gasteiger partial charge is 0.264 e. The Morgan fingerprint density at radius 2 is 1.79 bits per heavy atom. The quantitative estimate of drug-likeness (QED) is 0.715. The van der Waals surface area contributed by atoms with Crippen LogP contribution in [0.25, 0.3) is 11.4 Å². The number of rotatable bonds is 4. The van der Waals surface area contributed by atoms with Crippen molar-refractivity contribution in [2.24, 2.45) is 5.41 Å². The van der Waals surface area contributed by atoms with Crippen LogP contribution in [0.2, 0.25) is 0 Å². The second-order valence-electron chi connectivity index (χ2n) is 9.08. The molecule has 6 rings (SSSR count). The summed E-state index contributed by atoms with van der Waals surface area (Å²) in [5.41, 5.74) is 5.50. The van der Waals surface area contributed by atoms with E-state index in [0.717, 1.165) is 0 Å². The normalized spacial score (nSPS) is 31.0. The first-order chi connectivity index (χ1) is 16.0. The van der Waals surface area contributed by atoms with Gasteiger partial charge in [0.1, 0.15) is 5.82 Å². The van der Waals surface area contributed by atoms with Crippen molar-refractivity contribution in [2.45, 2.75) is 31.5 Å². The van der Waals surface area contributed by atoms with E-state index in [1.807, 2.05) is 11.8 Å². The summed E-state index contributed by atoms with van der Waals surface area (Å²) in [6.45, 7) is 6.06. The highest BCUT2D eigenvalue weighted by Gasteiger charge is 2.67. The van der Waals surface area contributed by atoms with Gasteiger partial charge < -0.3 is 29.7 Å². The summed E-state index contributed by atoms with van der Waals surface area (Å²) < 4.78 is 44.9. The van der Waals surface area contributed by atoms with Gasteiger partial charge in [0.15, 0.2) is 5.82 Å². The third-order valence-electron chi connectivity index (χ3n) is 7.19. The van der Waals surface area contributed by atoms with Crippen molar-refractivity contribution in [3.63, 3.8) is 0 Å². The van der Waals surface area contributed by atoms with Crippen LogP contribution in [0.1, 0.15) is 18.9 Å². The second-order valence-corrected chi connectivity index (χ2v) is 9.08. The highest BCUT2D eigenvalue weighted by atomic mass is 19.3. The van der Waals surface area contributed by atoms with Gasteiger partial charge in [0.25, 0.3) is 6.43 Å². The molecule has 3 atom stereocenters. The summed E-state index contributed by atoms with van der Waals surface area (Å²) in [5, 5.41) is 0. The number of aromatic nitrogens is 4. The highest BCUT2D eigenvalue weighted by molar-refractivity contribution is 5.65. The molecule has 0 bridgehead atoms. The van der Waals surface area contributed by atoms with Crippen molar-refractivity contribution in [3.8, 4) is 11.4 Å². The zero-order valence-corrected chi connectivity index (χ0v) is 18.2. The average molecular weight is 461 g/mol. The van der Waals surface area contributed by atoms with Gasteiger partial charge in [-0.05, 0) is 13.0 Å². The fourth-order valence-corrected chi connectivity index (χ4v) is 5.43. The summed E-state index contributed by atoms with van der Waals surface area (Å²) in [6, 6.07) is 1.36. The molecule has 0 aliphatic carbocycles. The number of hydrogen-bond donors (Lipinski definition) is 1. The minimum absolute atomic E-state index is 0.0177. The molecule has 2 N–H and O–H groups in total. The molecular formula is C21H25F2N7O3. The number of ether oxygens (including phenoxy) is 3. The number of nitrogens with zero attached hydrogens (tertiary/aromatic N) is 6. The van der Waals surface area contributed by atoms with Gasteiger partial charge in [-0.1, -0.05) is 0 Å². The van der Waals surface area contributed by atoms with E-state index in [4.69, 9.17) is 24.9 Å². The fraction of sp³-hybridized carbons (Fsp3) is 0.619. The van der Waals surface area contributed by atoms with E-state index >= 15 is 0 Å². The van der Waals surface area contributed by atoms with E-state index in [1.165, 1.54) is 12.3 Å². The number of anilines is 3.